The lowest BCUT2D eigenvalue weighted by Crippen LogP contribution is -2.12. The van der Waals surface area contributed by atoms with Crippen molar-refractivity contribution in [3.8, 4) is 0 Å². The van der Waals surface area contributed by atoms with Gasteiger partial charge in [-0.05, 0) is 12.0 Å². The molecule has 5 nitrogen and oxygen atoms in total. The number of benzene rings is 1. The highest BCUT2D eigenvalue weighted by atomic mass is 32.2. The first kappa shape index (κ1) is 15.3. The Morgan fingerprint density at radius 2 is 2.10 bits per heavy atom. The highest BCUT2D eigenvalue weighted by molar-refractivity contribution is 7.99. The maximum Gasteiger partial charge on any atom is 0.316 e. The molecule has 6 heteroatoms. The largest absolute Gasteiger partial charge is 0.460 e. The standard InChI is InChI=1S/C15H16N2O3S/c1-2-12-8-13(18)17-15(16-12)21-10-14(19)20-9-11-6-4-3-5-7-11/h3-8H,2,9-10H2,1H3,(H,16,17,18). The first-order chi connectivity index (χ1) is 10.2. The first-order valence-corrected chi connectivity index (χ1v) is 7.58. The Bertz CT molecular complexity index is 655. The Morgan fingerprint density at radius 3 is 2.81 bits per heavy atom. The summed E-state index contributed by atoms with van der Waals surface area (Å²) < 4.78 is 5.16. The maximum atomic E-state index is 11.7. The van der Waals surface area contributed by atoms with Gasteiger partial charge in [0.15, 0.2) is 5.16 Å². The highest BCUT2D eigenvalue weighted by Gasteiger charge is 2.07. The van der Waals surface area contributed by atoms with E-state index < -0.39 is 0 Å². The zero-order valence-corrected chi connectivity index (χ0v) is 12.5. The summed E-state index contributed by atoms with van der Waals surface area (Å²) in [4.78, 5) is 29.9. The van der Waals surface area contributed by atoms with Crippen molar-refractivity contribution < 1.29 is 9.53 Å². The fraction of sp³-hybridized carbons (Fsp3) is 0.267. The van der Waals surface area contributed by atoms with Gasteiger partial charge in [-0.2, -0.15) is 0 Å². The minimum Gasteiger partial charge on any atom is -0.460 e. The van der Waals surface area contributed by atoms with Crippen molar-refractivity contribution >= 4 is 17.7 Å². The van der Waals surface area contributed by atoms with Crippen molar-refractivity contribution in [2.45, 2.75) is 25.1 Å². The van der Waals surface area contributed by atoms with E-state index in [1.807, 2.05) is 37.3 Å². The van der Waals surface area contributed by atoms with Crippen LogP contribution in [0.4, 0.5) is 0 Å². The van der Waals surface area contributed by atoms with Gasteiger partial charge in [0.1, 0.15) is 6.61 Å². The van der Waals surface area contributed by atoms with E-state index >= 15 is 0 Å². The van der Waals surface area contributed by atoms with E-state index in [0.29, 0.717) is 17.3 Å². The number of carbonyl (C=O) groups excluding carboxylic acids is 1. The number of rotatable bonds is 6. The molecule has 0 fully saturated rings. The molecule has 0 saturated heterocycles. The summed E-state index contributed by atoms with van der Waals surface area (Å²) in [6, 6.07) is 10.9. The summed E-state index contributed by atoms with van der Waals surface area (Å²) in [6.07, 6.45) is 0.677. The molecule has 0 aliphatic carbocycles. The van der Waals surface area contributed by atoms with Crippen molar-refractivity contribution in [2.24, 2.45) is 0 Å². The summed E-state index contributed by atoms with van der Waals surface area (Å²) in [6.45, 7) is 2.17. The summed E-state index contributed by atoms with van der Waals surface area (Å²) in [5, 5.41) is 0.441. The quantitative estimate of drug-likeness (QED) is 0.503. The number of esters is 1. The van der Waals surface area contributed by atoms with E-state index in [0.717, 1.165) is 5.56 Å². The molecule has 110 valence electrons. The molecular formula is C15H16N2O3S. The first-order valence-electron chi connectivity index (χ1n) is 6.60. The van der Waals surface area contributed by atoms with Crippen molar-refractivity contribution in [1.82, 2.24) is 9.97 Å². The van der Waals surface area contributed by atoms with Crippen LogP contribution in [0.2, 0.25) is 0 Å². The van der Waals surface area contributed by atoms with Gasteiger partial charge in [0.2, 0.25) is 0 Å². The molecule has 0 saturated carbocycles. The van der Waals surface area contributed by atoms with Crippen molar-refractivity contribution in [3.05, 3.63) is 58.0 Å². The fourth-order valence-electron chi connectivity index (χ4n) is 1.64. The molecule has 1 heterocycles. The summed E-state index contributed by atoms with van der Waals surface area (Å²) in [5.41, 5.74) is 1.44. The van der Waals surface area contributed by atoms with Gasteiger partial charge in [-0.3, -0.25) is 9.59 Å². The van der Waals surface area contributed by atoms with Crippen LogP contribution in [-0.2, 0) is 22.6 Å². The Morgan fingerprint density at radius 1 is 1.33 bits per heavy atom. The van der Waals surface area contributed by atoms with Crippen LogP contribution >= 0.6 is 11.8 Å². The van der Waals surface area contributed by atoms with Gasteiger partial charge < -0.3 is 9.72 Å². The number of hydrogen-bond donors (Lipinski definition) is 1. The van der Waals surface area contributed by atoms with Crippen LogP contribution in [0, 0.1) is 0 Å². The van der Waals surface area contributed by atoms with Crippen LogP contribution in [0.3, 0.4) is 0 Å². The molecule has 0 aliphatic rings. The molecule has 1 aromatic heterocycles. The maximum absolute atomic E-state index is 11.7. The second-order valence-electron chi connectivity index (χ2n) is 4.33. The fourth-order valence-corrected chi connectivity index (χ4v) is 2.33. The molecule has 0 radical (unpaired) electrons. The van der Waals surface area contributed by atoms with Gasteiger partial charge >= 0.3 is 5.97 Å². The van der Waals surface area contributed by atoms with Crippen LogP contribution in [-0.4, -0.2) is 21.7 Å². The summed E-state index contributed by atoms with van der Waals surface area (Å²) >= 11 is 1.17. The lowest BCUT2D eigenvalue weighted by molar-refractivity contribution is -0.141. The minimum atomic E-state index is -0.339. The smallest absolute Gasteiger partial charge is 0.316 e. The van der Waals surface area contributed by atoms with Crippen molar-refractivity contribution in [2.75, 3.05) is 5.75 Å². The number of ether oxygens (including phenoxy) is 1. The van der Waals surface area contributed by atoms with E-state index in [2.05, 4.69) is 9.97 Å². The molecule has 2 aromatic rings. The summed E-state index contributed by atoms with van der Waals surface area (Å²) in [5.74, 6) is -0.225. The molecule has 0 amide bonds. The molecule has 0 aliphatic heterocycles. The number of thioether (sulfide) groups is 1. The van der Waals surface area contributed by atoms with Crippen LogP contribution in [0.1, 0.15) is 18.2 Å². The molecule has 1 aromatic carbocycles. The average Bonchev–Trinajstić information content (AvgIpc) is 2.51. The second-order valence-corrected chi connectivity index (χ2v) is 5.29. The topological polar surface area (TPSA) is 72.0 Å². The lowest BCUT2D eigenvalue weighted by Gasteiger charge is -2.05. The zero-order valence-electron chi connectivity index (χ0n) is 11.7. The molecule has 21 heavy (non-hydrogen) atoms. The van der Waals surface area contributed by atoms with Gasteiger partial charge in [0.05, 0.1) is 5.75 Å². The number of nitrogens with zero attached hydrogens (tertiary/aromatic N) is 1. The summed E-state index contributed by atoms with van der Waals surface area (Å²) in [7, 11) is 0. The highest BCUT2D eigenvalue weighted by Crippen LogP contribution is 2.12. The van der Waals surface area contributed by atoms with Crippen molar-refractivity contribution in [3.63, 3.8) is 0 Å². The number of nitrogens with one attached hydrogen (secondary N) is 1. The molecule has 1 N–H and O–H groups in total. The van der Waals surface area contributed by atoms with Gasteiger partial charge in [0, 0.05) is 11.8 Å². The van der Waals surface area contributed by atoms with E-state index in [9.17, 15) is 9.59 Å². The van der Waals surface area contributed by atoms with Crippen molar-refractivity contribution in [1.29, 1.82) is 0 Å². The SMILES string of the molecule is CCc1cc(=O)[nH]c(SCC(=O)OCc2ccccc2)n1. The van der Waals surface area contributed by atoms with Crippen LogP contribution in [0.15, 0.2) is 46.3 Å². The molecule has 0 atom stereocenters. The van der Waals surface area contributed by atoms with E-state index in [1.165, 1.54) is 17.8 Å². The third kappa shape index (κ3) is 5.07. The van der Waals surface area contributed by atoms with E-state index in [-0.39, 0.29) is 23.9 Å². The second kappa shape index (κ2) is 7.64. The number of aromatic nitrogens is 2. The van der Waals surface area contributed by atoms with E-state index in [1.54, 1.807) is 0 Å². The normalized spacial score (nSPS) is 10.3. The monoisotopic (exact) mass is 304 g/mol. The Hall–Kier alpha value is -2.08. The zero-order chi connectivity index (χ0) is 15.1. The molecule has 0 spiro atoms. The van der Waals surface area contributed by atoms with Gasteiger partial charge in [-0.1, -0.05) is 49.0 Å². The Balaban J connectivity index is 1.84. The van der Waals surface area contributed by atoms with Gasteiger partial charge in [0.25, 0.3) is 5.56 Å². The minimum absolute atomic E-state index is 0.114. The molecule has 0 bridgehead atoms. The Kier molecular flexibility index (Phi) is 5.57. The van der Waals surface area contributed by atoms with Crippen LogP contribution in [0.25, 0.3) is 0 Å². The van der Waals surface area contributed by atoms with Gasteiger partial charge in [-0.15, -0.1) is 0 Å². The molecular weight excluding hydrogens is 288 g/mol. The molecule has 0 unspecified atom stereocenters. The third-order valence-corrected chi connectivity index (χ3v) is 3.55. The Labute approximate surface area is 126 Å². The predicted octanol–water partition coefficient (Wildman–Crippen LogP) is 2.17. The van der Waals surface area contributed by atoms with E-state index in [4.69, 9.17) is 4.74 Å². The lowest BCUT2D eigenvalue weighted by atomic mass is 10.2. The number of aromatic amines is 1. The number of aryl methyl sites for hydroxylation is 1. The average molecular weight is 304 g/mol. The molecule has 2 rings (SSSR count). The van der Waals surface area contributed by atoms with Gasteiger partial charge in [-0.25, -0.2) is 4.98 Å². The number of hydrogen-bond acceptors (Lipinski definition) is 5. The number of carbonyl (C=O) groups is 1. The number of H-pyrrole nitrogens is 1. The van der Waals surface area contributed by atoms with Crippen LogP contribution < -0.4 is 5.56 Å². The predicted molar refractivity (Wildman–Crippen MR) is 81.2 cm³/mol. The van der Waals surface area contributed by atoms with Crippen LogP contribution in [0.5, 0.6) is 0 Å². The third-order valence-electron chi connectivity index (χ3n) is 2.70.